The maximum atomic E-state index is 12.8. The van der Waals surface area contributed by atoms with Crippen molar-refractivity contribution >= 4 is 18.0 Å². The molecule has 1 aromatic rings. The van der Waals surface area contributed by atoms with Gasteiger partial charge in [-0.15, -0.1) is 0 Å². The number of amides is 1. The number of carboxylic acids is 1. The Morgan fingerprint density at radius 1 is 1.18 bits per heavy atom. The van der Waals surface area contributed by atoms with E-state index < -0.39 is 5.97 Å². The van der Waals surface area contributed by atoms with Crippen LogP contribution in [-0.2, 0) is 9.59 Å². The van der Waals surface area contributed by atoms with E-state index in [2.05, 4.69) is 5.32 Å². The molecule has 4 nitrogen and oxygen atoms in total. The number of aliphatic carboxylic acids is 1. The lowest BCUT2D eigenvalue weighted by Crippen LogP contribution is -2.38. The fourth-order valence-electron chi connectivity index (χ4n) is 2.65. The number of carboxylic acid groups (broad SMARTS) is 1. The molecule has 0 saturated heterocycles. The Bertz CT molecular complexity index is 546. The second kappa shape index (κ2) is 7.73. The van der Waals surface area contributed by atoms with Crippen molar-refractivity contribution in [3.8, 4) is 0 Å². The van der Waals surface area contributed by atoms with Crippen molar-refractivity contribution in [2.75, 3.05) is 0 Å². The van der Waals surface area contributed by atoms with Crippen LogP contribution in [0.3, 0.4) is 0 Å². The van der Waals surface area contributed by atoms with Crippen LogP contribution >= 0.6 is 0 Å². The molecule has 0 heterocycles. The third-order valence-electron chi connectivity index (χ3n) is 3.93. The smallest absolute Gasteiger partial charge is 0.306 e. The van der Waals surface area contributed by atoms with Gasteiger partial charge >= 0.3 is 5.97 Å². The maximum Gasteiger partial charge on any atom is 0.306 e. The number of carbonyl (C=O) groups is 2. The molecule has 22 heavy (non-hydrogen) atoms. The number of halogens is 1. The van der Waals surface area contributed by atoms with Crippen molar-refractivity contribution in [3.63, 3.8) is 0 Å². The fraction of sp³-hybridized carbons (Fsp3) is 0.412. The summed E-state index contributed by atoms with van der Waals surface area (Å²) in [5.74, 6) is -1.37. The lowest BCUT2D eigenvalue weighted by molar-refractivity contribution is -0.142. The van der Waals surface area contributed by atoms with Gasteiger partial charge in [0.05, 0.1) is 5.92 Å². The summed E-state index contributed by atoms with van der Waals surface area (Å²) in [5.41, 5.74) is 0.844. The molecule has 0 atom stereocenters. The molecule has 0 aliphatic heterocycles. The highest BCUT2D eigenvalue weighted by Gasteiger charge is 2.26. The first-order valence-electron chi connectivity index (χ1n) is 7.49. The Labute approximate surface area is 129 Å². The first-order valence-corrected chi connectivity index (χ1v) is 7.49. The molecule has 2 rings (SSSR count). The third kappa shape index (κ3) is 4.98. The quantitative estimate of drug-likeness (QED) is 0.879. The van der Waals surface area contributed by atoms with Crippen LogP contribution in [-0.4, -0.2) is 23.0 Å². The van der Waals surface area contributed by atoms with E-state index in [1.807, 2.05) is 0 Å². The van der Waals surface area contributed by atoms with E-state index in [1.54, 1.807) is 24.3 Å². The van der Waals surface area contributed by atoms with Gasteiger partial charge in [-0.05, 0) is 43.4 Å². The van der Waals surface area contributed by atoms with Gasteiger partial charge in [0.25, 0.3) is 0 Å². The highest BCUT2D eigenvalue weighted by molar-refractivity contribution is 5.78. The van der Waals surface area contributed by atoms with Gasteiger partial charge in [0.15, 0.2) is 0 Å². The number of hydrogen-bond acceptors (Lipinski definition) is 2. The van der Waals surface area contributed by atoms with Crippen molar-refractivity contribution < 1.29 is 19.1 Å². The normalized spacial score (nSPS) is 21.7. The monoisotopic (exact) mass is 305 g/mol. The Balaban J connectivity index is 1.72. The van der Waals surface area contributed by atoms with Gasteiger partial charge in [-0.1, -0.05) is 24.3 Å². The van der Waals surface area contributed by atoms with Crippen LogP contribution in [0.2, 0.25) is 0 Å². The Hall–Kier alpha value is -2.17. The lowest BCUT2D eigenvalue weighted by atomic mass is 9.86. The predicted octanol–water partition coefficient (Wildman–Crippen LogP) is 2.99. The highest BCUT2D eigenvalue weighted by atomic mass is 19.1. The molecule has 1 fully saturated rings. The van der Waals surface area contributed by atoms with Crippen molar-refractivity contribution in [1.29, 1.82) is 0 Å². The molecule has 0 aromatic heterocycles. The van der Waals surface area contributed by atoms with Crippen molar-refractivity contribution in [1.82, 2.24) is 5.32 Å². The van der Waals surface area contributed by atoms with E-state index in [1.165, 1.54) is 12.1 Å². The minimum atomic E-state index is -0.744. The standard InChI is InChI=1S/C17H20FNO3/c18-14-8-4-12(5-9-14)2-1-3-16(20)19-15-10-6-13(7-11-15)17(21)22/h1-2,4-5,8-9,13,15H,3,6-7,10-11H2,(H,19,20)(H,21,22)/b2-1+. The van der Waals surface area contributed by atoms with Crippen molar-refractivity contribution in [2.45, 2.75) is 38.1 Å². The SMILES string of the molecule is O=C(C/C=C/c1ccc(F)cc1)NC1CCC(C(=O)O)CC1. The van der Waals surface area contributed by atoms with Crippen LogP contribution in [0.4, 0.5) is 4.39 Å². The average Bonchev–Trinajstić information content (AvgIpc) is 2.50. The van der Waals surface area contributed by atoms with Gasteiger partial charge in [-0.25, -0.2) is 4.39 Å². The number of benzene rings is 1. The zero-order valence-electron chi connectivity index (χ0n) is 12.3. The zero-order chi connectivity index (χ0) is 15.9. The molecule has 0 spiro atoms. The summed E-state index contributed by atoms with van der Waals surface area (Å²) in [5, 5.41) is 11.9. The summed E-state index contributed by atoms with van der Waals surface area (Å²) in [4.78, 5) is 22.7. The molecular weight excluding hydrogens is 285 g/mol. The third-order valence-corrected chi connectivity index (χ3v) is 3.93. The maximum absolute atomic E-state index is 12.8. The van der Waals surface area contributed by atoms with Gasteiger partial charge in [0, 0.05) is 12.5 Å². The number of rotatable bonds is 5. The summed E-state index contributed by atoms with van der Waals surface area (Å²) in [6.45, 7) is 0. The number of nitrogens with one attached hydrogen (secondary N) is 1. The van der Waals surface area contributed by atoms with Crippen LogP contribution in [0.1, 0.15) is 37.7 Å². The minimum absolute atomic E-state index is 0.0716. The summed E-state index contributed by atoms with van der Waals surface area (Å²) in [7, 11) is 0. The second-order valence-electron chi connectivity index (χ2n) is 5.61. The van der Waals surface area contributed by atoms with Crippen molar-refractivity contribution in [2.24, 2.45) is 5.92 Å². The molecule has 0 unspecified atom stereocenters. The van der Waals surface area contributed by atoms with Gasteiger partial charge in [-0.2, -0.15) is 0 Å². The van der Waals surface area contributed by atoms with Gasteiger partial charge in [-0.3, -0.25) is 9.59 Å². The molecule has 1 aromatic carbocycles. The van der Waals surface area contributed by atoms with Gasteiger partial charge in [0.1, 0.15) is 5.82 Å². The molecule has 2 N–H and O–H groups in total. The molecule has 1 aliphatic rings. The molecule has 0 bridgehead atoms. The molecule has 1 saturated carbocycles. The first kappa shape index (κ1) is 16.2. The fourth-order valence-corrected chi connectivity index (χ4v) is 2.65. The van der Waals surface area contributed by atoms with Crippen LogP contribution in [0.15, 0.2) is 30.3 Å². The van der Waals surface area contributed by atoms with Crippen LogP contribution < -0.4 is 5.32 Å². The lowest BCUT2D eigenvalue weighted by Gasteiger charge is -2.26. The Morgan fingerprint density at radius 3 is 2.41 bits per heavy atom. The molecular formula is C17H20FNO3. The zero-order valence-corrected chi connectivity index (χ0v) is 12.3. The molecule has 118 valence electrons. The van der Waals surface area contributed by atoms with Gasteiger partial charge in [0.2, 0.25) is 5.91 Å². The molecule has 5 heteroatoms. The topological polar surface area (TPSA) is 66.4 Å². The van der Waals surface area contributed by atoms with E-state index in [-0.39, 0.29) is 30.1 Å². The van der Waals surface area contributed by atoms with E-state index in [9.17, 15) is 14.0 Å². The number of carbonyl (C=O) groups excluding carboxylic acids is 1. The van der Waals surface area contributed by atoms with E-state index in [0.29, 0.717) is 25.7 Å². The Kier molecular flexibility index (Phi) is 5.69. The minimum Gasteiger partial charge on any atom is -0.481 e. The van der Waals surface area contributed by atoms with Gasteiger partial charge < -0.3 is 10.4 Å². The van der Waals surface area contributed by atoms with E-state index in [4.69, 9.17) is 5.11 Å². The molecule has 1 aliphatic carbocycles. The highest BCUT2D eigenvalue weighted by Crippen LogP contribution is 2.24. The second-order valence-corrected chi connectivity index (χ2v) is 5.61. The van der Waals surface area contributed by atoms with Crippen LogP contribution in [0.5, 0.6) is 0 Å². The predicted molar refractivity (Wildman–Crippen MR) is 81.6 cm³/mol. The van der Waals surface area contributed by atoms with E-state index in [0.717, 1.165) is 5.56 Å². The summed E-state index contributed by atoms with van der Waals surface area (Å²) in [6.07, 6.45) is 6.44. The largest absolute Gasteiger partial charge is 0.481 e. The molecule has 1 amide bonds. The van der Waals surface area contributed by atoms with Crippen LogP contribution in [0.25, 0.3) is 6.08 Å². The average molecular weight is 305 g/mol. The molecule has 0 radical (unpaired) electrons. The summed E-state index contributed by atoms with van der Waals surface area (Å²) < 4.78 is 12.8. The van der Waals surface area contributed by atoms with E-state index >= 15 is 0 Å². The van der Waals surface area contributed by atoms with Crippen LogP contribution in [0, 0.1) is 11.7 Å². The summed E-state index contributed by atoms with van der Waals surface area (Å²) in [6, 6.07) is 6.12. The van der Waals surface area contributed by atoms with Crippen molar-refractivity contribution in [3.05, 3.63) is 41.7 Å². The Morgan fingerprint density at radius 2 is 1.82 bits per heavy atom. The summed E-state index contributed by atoms with van der Waals surface area (Å²) >= 11 is 0. The number of hydrogen-bond donors (Lipinski definition) is 2. The first-order chi connectivity index (χ1) is 10.5.